The second-order valence-electron chi connectivity index (χ2n) is 8.49. The number of hydrogen-bond donors (Lipinski definition) is 6. The normalized spacial score (nSPS) is 17.6. The number of nitrogens with two attached hydrogens (primary N) is 3. The van der Waals surface area contributed by atoms with Crippen LogP contribution in [0.1, 0.15) is 0 Å². The van der Waals surface area contributed by atoms with E-state index in [1.807, 2.05) is 0 Å². The number of amides is 6. The van der Waals surface area contributed by atoms with Gasteiger partial charge in [-0.2, -0.15) is 0 Å². The Balaban J connectivity index is 0.000000608. The zero-order valence-corrected chi connectivity index (χ0v) is 24.3. The minimum atomic E-state index is -1.01. The van der Waals surface area contributed by atoms with Crippen LogP contribution in [0.2, 0.25) is 0 Å². The molecule has 0 spiro atoms. The number of rotatable bonds is 6. The molecule has 0 atom stereocenters. The molecular weight excluding hydrogens is 620 g/mol. The number of carbonyl (C=O) groups excluding carboxylic acids is 6. The molecule has 0 radical (unpaired) electrons. The molecule has 9 N–H and O–H groups in total. The number of aliphatic hydroxyl groups excluding tert-OH is 3. The average Bonchev–Trinajstić information content (AvgIpc) is 2.98. The fourth-order valence-electron chi connectivity index (χ4n) is 3.19. The molecule has 3 fully saturated rings. The summed E-state index contributed by atoms with van der Waals surface area (Å²) in [6.07, 6.45) is 2.48. The molecule has 3 aliphatic heterocycles. The van der Waals surface area contributed by atoms with Gasteiger partial charge in [-0.25, -0.2) is 0 Å². The second-order valence-corrected chi connectivity index (χ2v) is 8.49. The van der Waals surface area contributed by atoms with Gasteiger partial charge in [0.1, 0.15) is 0 Å². The molecule has 242 valence electrons. The first-order valence-corrected chi connectivity index (χ1v) is 12.5. The van der Waals surface area contributed by atoms with E-state index in [1.165, 1.54) is 14.7 Å². The van der Waals surface area contributed by atoms with E-state index < -0.39 is 52.7 Å². The van der Waals surface area contributed by atoms with E-state index >= 15 is 0 Å². The monoisotopic (exact) mass is 656 g/mol. The molecule has 0 saturated carbocycles. The van der Waals surface area contributed by atoms with Crippen LogP contribution in [0.5, 0.6) is 0 Å². The topological polar surface area (TPSA) is 279 Å². The summed E-state index contributed by atoms with van der Waals surface area (Å²) < 4.78 is 15.1. The number of carbonyl (C=O) groups is 6. The molecule has 3 heterocycles. The van der Waals surface area contributed by atoms with Gasteiger partial charge in [-0.1, -0.05) is 0 Å². The smallest absolute Gasteiger partial charge is 0.283 e. The predicted octanol–water partition coefficient (Wildman–Crippen LogP) is -3.69. The predicted molar refractivity (Wildman–Crippen MR) is 142 cm³/mol. The van der Waals surface area contributed by atoms with Gasteiger partial charge in [0, 0.05) is 56.3 Å². The maximum Gasteiger partial charge on any atom is 0.283 e. The zero-order valence-electron chi connectivity index (χ0n) is 23.2. The van der Waals surface area contributed by atoms with Crippen LogP contribution >= 0.6 is 0 Å². The Morgan fingerprint density at radius 1 is 0.465 bits per heavy atom. The third-order valence-corrected chi connectivity index (χ3v) is 5.51. The van der Waals surface area contributed by atoms with Gasteiger partial charge in [-0.05, 0) is 0 Å². The van der Waals surface area contributed by atoms with Gasteiger partial charge in [0.05, 0.1) is 57.9 Å². The number of hydrogen-bond acceptors (Lipinski definition) is 12. The summed E-state index contributed by atoms with van der Waals surface area (Å²) in [4.78, 5) is 69.7. The summed E-state index contributed by atoms with van der Waals surface area (Å²) in [6, 6.07) is 0. The van der Waals surface area contributed by atoms with Crippen LogP contribution in [0.15, 0.2) is 35.5 Å². The van der Waals surface area contributed by atoms with Crippen molar-refractivity contribution < 1.29 is 75.4 Å². The summed E-state index contributed by atoms with van der Waals surface area (Å²) in [5, 5.41) is 26.8. The minimum Gasteiger partial charge on any atom is -0.503 e. The van der Waals surface area contributed by atoms with E-state index in [4.69, 9.17) is 46.7 Å². The first-order valence-electron chi connectivity index (χ1n) is 12.5. The van der Waals surface area contributed by atoms with Crippen molar-refractivity contribution >= 4 is 35.4 Å². The molecule has 43 heavy (non-hydrogen) atoms. The first kappa shape index (κ1) is 38.8. The van der Waals surface area contributed by atoms with Gasteiger partial charge >= 0.3 is 0 Å². The van der Waals surface area contributed by atoms with Crippen molar-refractivity contribution in [1.29, 1.82) is 0 Å². The van der Waals surface area contributed by atoms with Crippen LogP contribution in [0.3, 0.4) is 0 Å². The molecule has 0 aromatic heterocycles. The molecule has 3 saturated heterocycles. The van der Waals surface area contributed by atoms with Gasteiger partial charge in [-0.15, -0.1) is 0 Å². The van der Waals surface area contributed by atoms with Crippen LogP contribution in [0.25, 0.3) is 0 Å². The summed E-state index contributed by atoms with van der Waals surface area (Å²) in [5.41, 5.74) is 14.3. The molecule has 18 nitrogen and oxygen atoms in total. The van der Waals surface area contributed by atoms with Crippen LogP contribution in [-0.2, 0) is 60.0 Å². The molecule has 0 aliphatic carbocycles. The minimum absolute atomic E-state index is 0. The van der Waals surface area contributed by atoms with Crippen LogP contribution in [0.4, 0.5) is 0 Å². The van der Waals surface area contributed by atoms with E-state index in [2.05, 4.69) is 0 Å². The maximum atomic E-state index is 11.3. The number of nitrogens with zero attached hydrogens (tertiary/aromatic N) is 3. The van der Waals surface area contributed by atoms with E-state index in [9.17, 15) is 28.8 Å². The van der Waals surface area contributed by atoms with Crippen molar-refractivity contribution in [2.45, 2.75) is 0 Å². The summed E-state index contributed by atoms with van der Waals surface area (Å²) in [7, 11) is 0. The molecule has 0 aromatic rings. The molecule has 0 aromatic carbocycles. The molecule has 3 aliphatic rings. The molecule has 0 unspecified atom stereocenters. The standard InChI is InChI=1S/3C8H12N2O4.Fe/c3*9-8(13)6(11)5-7(12)10-1-3-14-4-2-10;/h3*5,11H,1-4H2,(H2,9,13);. The average molecular weight is 656 g/mol. The van der Waals surface area contributed by atoms with Crippen molar-refractivity contribution in [3.63, 3.8) is 0 Å². The van der Waals surface area contributed by atoms with E-state index in [1.54, 1.807) is 0 Å². The Kier molecular flexibility index (Phi) is 18.7. The third-order valence-electron chi connectivity index (χ3n) is 5.51. The van der Waals surface area contributed by atoms with E-state index in [-0.39, 0.29) is 17.1 Å². The van der Waals surface area contributed by atoms with E-state index in [0.717, 1.165) is 18.2 Å². The fourth-order valence-corrected chi connectivity index (χ4v) is 3.19. The SMILES string of the molecule is NC(=O)C(O)=CC(=O)N1CCOCC1.NC(=O)C(O)=CC(=O)N1CCOCC1.NC(=O)C(O)=CC(=O)N1CCOCC1.[Fe]. The number of morpholine rings is 3. The summed E-state index contributed by atoms with van der Waals surface area (Å²) in [6.45, 7) is 5.57. The third kappa shape index (κ3) is 15.6. The van der Waals surface area contributed by atoms with Gasteiger partial charge in [-0.3, -0.25) is 28.8 Å². The van der Waals surface area contributed by atoms with Gasteiger partial charge in [0.2, 0.25) is 0 Å². The largest absolute Gasteiger partial charge is 0.503 e. The van der Waals surface area contributed by atoms with Gasteiger partial charge in [0.25, 0.3) is 35.4 Å². The van der Waals surface area contributed by atoms with Crippen LogP contribution in [0, 0.1) is 0 Å². The van der Waals surface area contributed by atoms with Crippen molar-refractivity contribution in [2.75, 3.05) is 78.9 Å². The number of primary amides is 3. The number of ether oxygens (including phenoxy) is 3. The van der Waals surface area contributed by atoms with Crippen molar-refractivity contribution in [1.82, 2.24) is 14.7 Å². The van der Waals surface area contributed by atoms with Gasteiger partial charge in [0.15, 0.2) is 17.3 Å². The van der Waals surface area contributed by atoms with Crippen molar-refractivity contribution in [3.8, 4) is 0 Å². The maximum absolute atomic E-state index is 11.3. The Hall–Kier alpha value is -4.16. The Morgan fingerprint density at radius 3 is 0.814 bits per heavy atom. The summed E-state index contributed by atoms with van der Waals surface area (Å²) >= 11 is 0. The number of aliphatic hydroxyl groups is 3. The van der Waals surface area contributed by atoms with Crippen LogP contribution < -0.4 is 17.2 Å². The second kappa shape index (κ2) is 20.7. The molecule has 6 amide bonds. The fraction of sp³-hybridized carbons (Fsp3) is 0.500. The van der Waals surface area contributed by atoms with Crippen molar-refractivity contribution in [3.05, 3.63) is 35.5 Å². The van der Waals surface area contributed by atoms with E-state index in [0.29, 0.717) is 78.9 Å². The van der Waals surface area contributed by atoms with Gasteiger partial charge < -0.3 is 61.4 Å². The molecular formula is C24H36FeN6O12. The Labute approximate surface area is 257 Å². The Morgan fingerprint density at radius 2 is 0.651 bits per heavy atom. The first-order chi connectivity index (χ1) is 19.8. The zero-order chi connectivity index (χ0) is 31.7. The quantitative estimate of drug-likeness (QED) is 0.0916. The van der Waals surface area contributed by atoms with Crippen LogP contribution in [-0.4, -0.2) is 144 Å². The van der Waals surface area contributed by atoms with Crippen molar-refractivity contribution in [2.24, 2.45) is 17.2 Å². The summed E-state index contributed by atoms with van der Waals surface area (Å²) in [5.74, 6) is -6.46. The molecule has 0 bridgehead atoms. The molecule has 19 heteroatoms. The Bertz CT molecular complexity index is 946. The molecule has 3 rings (SSSR count).